The van der Waals surface area contributed by atoms with E-state index in [1.54, 1.807) is 42.5 Å². The highest BCUT2D eigenvalue weighted by molar-refractivity contribution is 5.72. The van der Waals surface area contributed by atoms with Crippen molar-refractivity contribution < 1.29 is 34.3 Å². The smallest absolute Gasteiger partial charge is 0.309 e. The van der Waals surface area contributed by atoms with Crippen LogP contribution in [-0.4, -0.2) is 53.3 Å². The number of esters is 1. The molecule has 0 aliphatic carbocycles. The van der Waals surface area contributed by atoms with Crippen molar-refractivity contribution in [3.63, 3.8) is 0 Å². The lowest BCUT2D eigenvalue weighted by atomic mass is 9.93. The Morgan fingerprint density at radius 1 is 1.14 bits per heavy atom. The summed E-state index contributed by atoms with van der Waals surface area (Å²) in [5.41, 5.74) is 1.46. The van der Waals surface area contributed by atoms with Crippen LogP contribution in [0.3, 0.4) is 0 Å². The van der Waals surface area contributed by atoms with Gasteiger partial charge in [0.05, 0.1) is 32.3 Å². The monoisotopic (exact) mass is 388 g/mol. The Balaban J connectivity index is 1.69. The van der Waals surface area contributed by atoms with Crippen molar-refractivity contribution >= 4 is 5.97 Å². The topological polar surface area (TPSA) is 105 Å². The molecule has 28 heavy (non-hydrogen) atoms. The van der Waals surface area contributed by atoms with E-state index in [4.69, 9.17) is 9.47 Å². The summed E-state index contributed by atoms with van der Waals surface area (Å²) in [7, 11) is 1.35. The first kappa shape index (κ1) is 20.3. The molecule has 3 unspecified atom stereocenters. The van der Waals surface area contributed by atoms with Crippen LogP contribution in [0.4, 0.5) is 0 Å². The Hall–Kier alpha value is -2.45. The first-order chi connectivity index (χ1) is 13.5. The third kappa shape index (κ3) is 4.88. The third-order valence-electron chi connectivity index (χ3n) is 4.67. The molecule has 0 saturated carbocycles. The van der Waals surface area contributed by atoms with Gasteiger partial charge in [-0.3, -0.25) is 4.79 Å². The van der Waals surface area contributed by atoms with Gasteiger partial charge in [0, 0.05) is 6.42 Å². The van der Waals surface area contributed by atoms with Crippen LogP contribution in [-0.2, 0) is 20.7 Å². The molecule has 4 atom stereocenters. The van der Waals surface area contributed by atoms with E-state index < -0.39 is 24.4 Å². The van der Waals surface area contributed by atoms with Gasteiger partial charge in [-0.05, 0) is 35.4 Å². The average molecular weight is 388 g/mol. The van der Waals surface area contributed by atoms with Gasteiger partial charge in [0.2, 0.25) is 0 Å². The molecular weight excluding hydrogens is 364 g/mol. The van der Waals surface area contributed by atoms with Gasteiger partial charge in [-0.2, -0.15) is 0 Å². The number of aliphatic hydroxyl groups excluding tert-OH is 3. The predicted octanol–water partition coefficient (Wildman–Crippen LogP) is 1.74. The second-order valence-corrected chi connectivity index (χ2v) is 6.73. The Labute approximate surface area is 163 Å². The Morgan fingerprint density at radius 3 is 2.57 bits per heavy atom. The number of methoxy groups -OCH3 is 1. The molecule has 7 heteroatoms. The van der Waals surface area contributed by atoms with Crippen LogP contribution in [0.15, 0.2) is 48.5 Å². The van der Waals surface area contributed by atoms with Crippen molar-refractivity contribution in [1.82, 2.24) is 0 Å². The molecule has 1 saturated heterocycles. The molecule has 3 N–H and O–H groups in total. The van der Waals surface area contributed by atoms with Crippen molar-refractivity contribution in [3.8, 4) is 11.5 Å². The van der Waals surface area contributed by atoms with E-state index in [9.17, 15) is 20.1 Å². The molecule has 3 rings (SSSR count). The first-order valence-corrected chi connectivity index (χ1v) is 9.06. The summed E-state index contributed by atoms with van der Waals surface area (Å²) in [6.07, 6.45) is -2.90. The molecule has 1 heterocycles. The number of benzene rings is 2. The zero-order chi connectivity index (χ0) is 20.1. The van der Waals surface area contributed by atoms with Crippen LogP contribution in [0, 0.1) is 0 Å². The van der Waals surface area contributed by atoms with E-state index in [1.807, 2.05) is 6.07 Å². The van der Waals surface area contributed by atoms with Gasteiger partial charge in [0.25, 0.3) is 0 Å². The van der Waals surface area contributed by atoms with Gasteiger partial charge in [-0.15, -0.1) is 0 Å². The molecule has 0 aromatic heterocycles. The summed E-state index contributed by atoms with van der Waals surface area (Å²) < 4.78 is 16.2. The normalized spacial score (nSPS) is 24.6. The zero-order valence-corrected chi connectivity index (χ0v) is 15.5. The van der Waals surface area contributed by atoms with Crippen molar-refractivity contribution in [1.29, 1.82) is 0 Å². The number of aliphatic hydroxyl groups is 3. The van der Waals surface area contributed by atoms with Gasteiger partial charge >= 0.3 is 5.97 Å². The van der Waals surface area contributed by atoms with Crippen LogP contribution in [0.5, 0.6) is 11.5 Å². The number of ether oxygens (including phenoxy) is 3. The second-order valence-electron chi connectivity index (χ2n) is 6.73. The minimum absolute atomic E-state index is 0.165. The number of hydrogen-bond acceptors (Lipinski definition) is 7. The van der Waals surface area contributed by atoms with Gasteiger partial charge in [-0.1, -0.05) is 24.3 Å². The van der Waals surface area contributed by atoms with Crippen LogP contribution >= 0.6 is 0 Å². The highest BCUT2D eigenvalue weighted by Gasteiger charge is 2.37. The largest absolute Gasteiger partial charge is 0.469 e. The number of rotatable bonds is 6. The number of hydrogen-bond donors (Lipinski definition) is 3. The van der Waals surface area contributed by atoms with E-state index >= 15 is 0 Å². The lowest BCUT2D eigenvalue weighted by Crippen LogP contribution is -2.44. The molecule has 2 aromatic carbocycles. The molecule has 0 radical (unpaired) electrons. The second kappa shape index (κ2) is 9.16. The van der Waals surface area contributed by atoms with Crippen LogP contribution in [0.25, 0.3) is 0 Å². The molecular formula is C21H24O7. The highest BCUT2D eigenvalue weighted by Crippen LogP contribution is 2.33. The average Bonchev–Trinajstić information content (AvgIpc) is 2.71. The van der Waals surface area contributed by atoms with E-state index in [0.717, 1.165) is 5.56 Å². The van der Waals surface area contributed by atoms with E-state index in [0.29, 0.717) is 17.1 Å². The van der Waals surface area contributed by atoms with E-state index in [-0.39, 0.29) is 25.4 Å². The fourth-order valence-electron chi connectivity index (χ4n) is 3.17. The van der Waals surface area contributed by atoms with Crippen molar-refractivity contribution in [2.45, 2.75) is 37.3 Å². The molecule has 1 aliphatic rings. The quantitative estimate of drug-likeness (QED) is 0.647. The first-order valence-electron chi connectivity index (χ1n) is 9.06. The lowest BCUT2D eigenvalue weighted by molar-refractivity contribution is -0.179. The minimum Gasteiger partial charge on any atom is -0.469 e. The molecule has 0 spiro atoms. The zero-order valence-electron chi connectivity index (χ0n) is 15.5. The molecule has 1 fully saturated rings. The summed E-state index contributed by atoms with van der Waals surface area (Å²) in [4.78, 5) is 11.4. The highest BCUT2D eigenvalue weighted by atomic mass is 16.5. The molecule has 1 aliphatic heterocycles. The Morgan fingerprint density at radius 2 is 1.89 bits per heavy atom. The van der Waals surface area contributed by atoms with Crippen LogP contribution in [0.1, 0.15) is 23.7 Å². The lowest BCUT2D eigenvalue weighted by Gasteiger charge is -2.36. The van der Waals surface area contributed by atoms with Crippen molar-refractivity contribution in [2.75, 3.05) is 13.7 Å². The molecule has 0 bridgehead atoms. The SMILES string of the molecule is COC(=O)Cc1cccc(Oc2ccc([C@H]3OC(CO)CC(O)C3O)cc2)c1. The summed E-state index contributed by atoms with van der Waals surface area (Å²) in [5.74, 6) is 0.832. The third-order valence-corrected chi connectivity index (χ3v) is 4.67. The summed E-state index contributed by atoms with van der Waals surface area (Å²) in [6, 6.07) is 14.1. The molecule has 7 nitrogen and oxygen atoms in total. The maximum atomic E-state index is 11.4. The summed E-state index contributed by atoms with van der Waals surface area (Å²) in [6.45, 7) is -0.219. The van der Waals surface area contributed by atoms with E-state index in [1.165, 1.54) is 7.11 Å². The fourth-order valence-corrected chi connectivity index (χ4v) is 3.17. The standard InChI is InChI=1S/C21H24O7/c1-26-19(24)10-13-3-2-4-16(9-13)27-15-7-5-14(6-8-15)21-20(25)18(23)11-17(12-22)28-21/h2-9,17-18,20-23,25H,10-12H2,1H3/t17?,18?,20?,21-/m1/s1. The molecule has 0 amide bonds. The summed E-state index contributed by atoms with van der Waals surface area (Å²) >= 11 is 0. The number of carbonyl (C=O) groups is 1. The molecule has 150 valence electrons. The van der Waals surface area contributed by atoms with Gasteiger partial charge in [0.15, 0.2) is 0 Å². The maximum absolute atomic E-state index is 11.4. The minimum atomic E-state index is -1.07. The van der Waals surface area contributed by atoms with E-state index in [2.05, 4.69) is 4.74 Å². The predicted molar refractivity (Wildman–Crippen MR) is 100 cm³/mol. The Bertz CT molecular complexity index is 790. The molecule has 2 aromatic rings. The van der Waals surface area contributed by atoms with Gasteiger partial charge in [-0.25, -0.2) is 0 Å². The number of carbonyl (C=O) groups excluding carboxylic acids is 1. The fraction of sp³-hybridized carbons (Fsp3) is 0.381. The van der Waals surface area contributed by atoms with Crippen molar-refractivity contribution in [3.05, 3.63) is 59.7 Å². The Kier molecular flexibility index (Phi) is 6.64. The maximum Gasteiger partial charge on any atom is 0.309 e. The van der Waals surface area contributed by atoms with Crippen LogP contribution in [0.2, 0.25) is 0 Å². The van der Waals surface area contributed by atoms with Crippen LogP contribution < -0.4 is 4.74 Å². The van der Waals surface area contributed by atoms with Gasteiger partial charge < -0.3 is 29.5 Å². The van der Waals surface area contributed by atoms with Gasteiger partial charge in [0.1, 0.15) is 23.7 Å². The summed E-state index contributed by atoms with van der Waals surface area (Å²) in [5, 5.41) is 29.5. The van der Waals surface area contributed by atoms with Crippen molar-refractivity contribution in [2.24, 2.45) is 0 Å².